The summed E-state index contributed by atoms with van der Waals surface area (Å²) in [6.45, 7) is 14.0. The number of rotatable bonds is 6. The minimum absolute atomic E-state index is 0.248. The first-order chi connectivity index (χ1) is 12.8. The van der Waals surface area contributed by atoms with Crippen LogP contribution >= 0.6 is 0 Å². The van der Waals surface area contributed by atoms with Gasteiger partial charge in [0.1, 0.15) is 20.2 Å². The van der Waals surface area contributed by atoms with Crippen LogP contribution in [0.1, 0.15) is 51.9 Å². The van der Waals surface area contributed by atoms with E-state index in [0.717, 1.165) is 10.9 Å². The summed E-state index contributed by atoms with van der Waals surface area (Å²) in [6.07, 6.45) is 0. The van der Waals surface area contributed by atoms with Crippen molar-refractivity contribution in [1.82, 2.24) is 4.98 Å². The summed E-state index contributed by atoms with van der Waals surface area (Å²) in [5.74, 6) is 3.27. The van der Waals surface area contributed by atoms with Crippen molar-refractivity contribution in [2.45, 2.75) is 58.2 Å². The predicted octanol–water partition coefficient (Wildman–Crippen LogP) is 5.55. The lowest BCUT2D eigenvalue weighted by Crippen LogP contribution is -2.43. The summed E-state index contributed by atoms with van der Waals surface area (Å²) >= 11 is 0. The molecule has 0 fully saturated rings. The van der Waals surface area contributed by atoms with Crippen molar-refractivity contribution in [2.75, 3.05) is 13.7 Å². The van der Waals surface area contributed by atoms with Gasteiger partial charge < -0.3 is 14.5 Å². The summed E-state index contributed by atoms with van der Waals surface area (Å²) in [4.78, 5) is 15.4. The number of H-pyrrole nitrogens is 1. The van der Waals surface area contributed by atoms with Crippen molar-refractivity contribution >= 4 is 24.9 Å². The molecule has 0 aliphatic rings. The Labute approximate surface area is 163 Å². The maximum atomic E-state index is 12.2. The lowest BCUT2D eigenvalue weighted by atomic mass is 10.2. The van der Waals surface area contributed by atoms with E-state index in [4.69, 9.17) is 9.47 Å². The molecule has 0 saturated carbocycles. The summed E-state index contributed by atoms with van der Waals surface area (Å²) in [6, 6.07) is 7.59. The van der Waals surface area contributed by atoms with Gasteiger partial charge in [0.25, 0.3) is 0 Å². The van der Waals surface area contributed by atoms with Crippen LogP contribution in [0.25, 0.3) is 10.9 Å². The Morgan fingerprint density at radius 3 is 2.22 bits per heavy atom. The Kier molecular flexibility index (Phi) is 6.77. The second-order valence-corrected chi connectivity index (χ2v) is 13.4. The van der Waals surface area contributed by atoms with Gasteiger partial charge >= 0.3 is 5.97 Å². The van der Waals surface area contributed by atoms with Gasteiger partial charge in [-0.25, -0.2) is 4.79 Å². The molecule has 5 heteroatoms. The third-order valence-electron chi connectivity index (χ3n) is 5.52. The van der Waals surface area contributed by atoms with E-state index in [1.165, 1.54) is 7.11 Å². The van der Waals surface area contributed by atoms with Crippen molar-refractivity contribution in [1.29, 1.82) is 0 Å². The highest BCUT2D eigenvalue weighted by Crippen LogP contribution is 2.40. The van der Waals surface area contributed by atoms with Gasteiger partial charge in [0, 0.05) is 10.9 Å². The van der Waals surface area contributed by atoms with Crippen LogP contribution in [-0.4, -0.2) is 32.7 Å². The molecule has 2 aromatic rings. The van der Waals surface area contributed by atoms with Gasteiger partial charge in [0.15, 0.2) is 0 Å². The predicted molar refractivity (Wildman–Crippen MR) is 114 cm³/mol. The van der Waals surface area contributed by atoms with Crippen LogP contribution in [0.2, 0.25) is 16.6 Å². The van der Waals surface area contributed by atoms with Gasteiger partial charge in [-0.15, -0.1) is 5.54 Å². The number of methoxy groups -OCH3 is 1. The number of aromatic amines is 1. The Balaban J connectivity index is 2.30. The summed E-state index contributed by atoms with van der Waals surface area (Å²) < 4.78 is 10.8. The zero-order valence-electron chi connectivity index (χ0n) is 17.5. The molecule has 1 aromatic heterocycles. The summed E-state index contributed by atoms with van der Waals surface area (Å²) in [5.41, 5.74) is 6.62. The zero-order valence-corrected chi connectivity index (χ0v) is 18.5. The molecule has 0 radical (unpaired) electrons. The van der Waals surface area contributed by atoms with Gasteiger partial charge in [0.05, 0.1) is 7.11 Å². The van der Waals surface area contributed by atoms with E-state index in [1.54, 1.807) is 0 Å². The van der Waals surface area contributed by atoms with Crippen LogP contribution in [0.15, 0.2) is 24.3 Å². The SMILES string of the molecule is COC(=O)c1c(OCC#C[Si](C(C)C)(C(C)C)C(C)C)[nH]c2ccccc12. The fourth-order valence-electron chi connectivity index (χ4n) is 4.26. The second kappa shape index (κ2) is 8.66. The molecule has 1 N–H and O–H groups in total. The highest BCUT2D eigenvalue weighted by atomic mass is 28.3. The van der Waals surface area contributed by atoms with Gasteiger partial charge in [-0.1, -0.05) is 65.7 Å². The Bertz CT molecular complexity index is 834. The number of benzene rings is 1. The fourth-order valence-corrected chi connectivity index (χ4v) is 9.51. The van der Waals surface area contributed by atoms with E-state index >= 15 is 0 Å². The molecule has 1 heterocycles. The van der Waals surface area contributed by atoms with Crippen LogP contribution in [-0.2, 0) is 4.74 Å². The van der Waals surface area contributed by atoms with Crippen LogP contribution < -0.4 is 4.74 Å². The molecular weight excluding hydrogens is 354 g/mol. The maximum Gasteiger partial charge on any atom is 0.344 e. The van der Waals surface area contributed by atoms with Gasteiger partial charge in [-0.05, 0) is 22.7 Å². The average Bonchev–Trinajstić information content (AvgIpc) is 2.98. The summed E-state index contributed by atoms with van der Waals surface area (Å²) in [7, 11) is -0.406. The van der Waals surface area contributed by atoms with Crippen LogP contribution in [0.4, 0.5) is 0 Å². The number of ether oxygens (including phenoxy) is 2. The number of para-hydroxylation sites is 1. The highest BCUT2D eigenvalue weighted by molar-refractivity contribution is 6.90. The van der Waals surface area contributed by atoms with E-state index in [1.807, 2.05) is 24.3 Å². The third-order valence-corrected chi connectivity index (χ3v) is 11.9. The number of esters is 1. The van der Waals surface area contributed by atoms with Crippen LogP contribution in [0, 0.1) is 11.5 Å². The van der Waals surface area contributed by atoms with E-state index in [0.29, 0.717) is 28.1 Å². The minimum atomic E-state index is -1.78. The van der Waals surface area contributed by atoms with Crippen molar-refractivity contribution in [3.8, 4) is 17.3 Å². The van der Waals surface area contributed by atoms with Crippen molar-refractivity contribution in [2.24, 2.45) is 0 Å². The zero-order chi connectivity index (χ0) is 20.2. The first-order valence-electron chi connectivity index (χ1n) is 9.57. The molecule has 0 unspecified atom stereocenters. The van der Waals surface area contributed by atoms with Crippen LogP contribution in [0.3, 0.4) is 0 Å². The van der Waals surface area contributed by atoms with Crippen molar-refractivity contribution in [3.63, 3.8) is 0 Å². The van der Waals surface area contributed by atoms with Gasteiger partial charge in [-0.3, -0.25) is 0 Å². The maximum absolute atomic E-state index is 12.2. The molecule has 0 atom stereocenters. The smallest absolute Gasteiger partial charge is 0.344 e. The van der Waals surface area contributed by atoms with E-state index in [9.17, 15) is 4.79 Å². The number of nitrogens with one attached hydrogen (secondary N) is 1. The molecule has 0 aliphatic heterocycles. The molecule has 146 valence electrons. The third kappa shape index (κ3) is 4.06. The Hall–Kier alpha value is -2.19. The minimum Gasteiger partial charge on any atom is -0.465 e. The Morgan fingerprint density at radius 1 is 1.07 bits per heavy atom. The van der Waals surface area contributed by atoms with Crippen molar-refractivity contribution < 1.29 is 14.3 Å². The molecule has 1 aromatic carbocycles. The molecule has 4 nitrogen and oxygen atoms in total. The van der Waals surface area contributed by atoms with E-state index in [-0.39, 0.29) is 6.61 Å². The number of hydrogen-bond donors (Lipinski definition) is 1. The largest absolute Gasteiger partial charge is 0.465 e. The first kappa shape index (κ1) is 21.1. The standard InChI is InChI=1S/C22H31NO3Si/c1-15(2)27(16(3)4,17(5)6)14-10-13-26-21-20(22(24)25-7)18-11-8-9-12-19(18)23-21/h8-9,11-12,15-17,23H,13H2,1-7H3. The second-order valence-electron chi connectivity index (χ2n) is 7.85. The monoisotopic (exact) mass is 385 g/mol. The van der Waals surface area contributed by atoms with Crippen LogP contribution in [0.5, 0.6) is 5.88 Å². The molecule has 2 rings (SSSR count). The average molecular weight is 386 g/mol. The van der Waals surface area contributed by atoms with E-state index in [2.05, 4.69) is 58.0 Å². The Morgan fingerprint density at radius 2 is 1.67 bits per heavy atom. The molecule has 0 saturated heterocycles. The van der Waals surface area contributed by atoms with Gasteiger partial charge in [-0.2, -0.15) is 0 Å². The summed E-state index contributed by atoms with van der Waals surface area (Å²) in [5, 5.41) is 0.794. The number of carbonyl (C=O) groups excluding carboxylic acids is 1. The highest BCUT2D eigenvalue weighted by Gasteiger charge is 2.41. The molecule has 0 aliphatic carbocycles. The number of carbonyl (C=O) groups is 1. The molecule has 0 amide bonds. The topological polar surface area (TPSA) is 51.3 Å². The molecule has 0 bridgehead atoms. The normalized spacial score (nSPS) is 11.8. The van der Waals surface area contributed by atoms with Gasteiger partial charge in [0.2, 0.25) is 5.88 Å². The lowest BCUT2D eigenvalue weighted by molar-refractivity contribution is 0.0599. The molecular formula is C22H31NO3Si. The lowest BCUT2D eigenvalue weighted by Gasteiger charge is -2.38. The quantitative estimate of drug-likeness (QED) is 0.403. The fraction of sp³-hybridized carbons (Fsp3) is 0.500. The molecule has 27 heavy (non-hydrogen) atoms. The number of hydrogen-bond acceptors (Lipinski definition) is 3. The van der Waals surface area contributed by atoms with E-state index < -0.39 is 14.0 Å². The van der Waals surface area contributed by atoms with Crippen molar-refractivity contribution in [3.05, 3.63) is 29.8 Å². The number of aromatic nitrogens is 1. The molecule has 0 spiro atoms. The first-order valence-corrected chi connectivity index (χ1v) is 11.8. The number of fused-ring (bicyclic) bond motifs is 1.